The Kier molecular flexibility index (Phi) is 4.73. The highest BCUT2D eigenvalue weighted by atomic mass is 32.2. The molecule has 20 heavy (non-hydrogen) atoms. The lowest BCUT2D eigenvalue weighted by atomic mass is 10.4. The van der Waals surface area contributed by atoms with E-state index in [0.717, 1.165) is 25.9 Å². The van der Waals surface area contributed by atoms with Crippen LogP contribution in [0.25, 0.3) is 0 Å². The molecule has 4 nitrogen and oxygen atoms in total. The van der Waals surface area contributed by atoms with Gasteiger partial charge >= 0.3 is 0 Å². The molecule has 0 atom stereocenters. The quantitative estimate of drug-likeness (QED) is 0.800. The topological polar surface area (TPSA) is 61.2 Å². The van der Waals surface area contributed by atoms with Crippen molar-refractivity contribution in [1.29, 1.82) is 5.26 Å². The highest BCUT2D eigenvalue weighted by molar-refractivity contribution is 8.04. The lowest BCUT2D eigenvalue weighted by Crippen LogP contribution is -2.20. The van der Waals surface area contributed by atoms with Crippen LogP contribution in [0.2, 0.25) is 0 Å². The molecule has 0 amide bonds. The summed E-state index contributed by atoms with van der Waals surface area (Å²) in [4.78, 5) is 2.02. The van der Waals surface area contributed by atoms with E-state index < -0.39 is 9.84 Å². The molecule has 1 aliphatic rings. The molecule has 106 valence electrons. The van der Waals surface area contributed by atoms with Gasteiger partial charge in [0.25, 0.3) is 0 Å². The molecule has 0 bridgehead atoms. The number of likely N-dealkylation sites (tertiary alicyclic amines) is 1. The van der Waals surface area contributed by atoms with Gasteiger partial charge in [-0.15, -0.1) is 11.8 Å². The first kappa shape index (κ1) is 14.9. The summed E-state index contributed by atoms with van der Waals surface area (Å²) in [6.45, 7) is 1.62. The first-order chi connectivity index (χ1) is 9.61. The lowest BCUT2D eigenvalue weighted by Gasteiger charge is -2.21. The Morgan fingerprint density at radius 3 is 2.35 bits per heavy atom. The summed E-state index contributed by atoms with van der Waals surface area (Å²) >= 11 is 1.33. The van der Waals surface area contributed by atoms with Crippen LogP contribution in [0.4, 0.5) is 0 Å². The minimum atomic E-state index is -3.74. The first-order valence-corrected chi connectivity index (χ1v) is 9.05. The molecular weight excluding hydrogens is 292 g/mol. The van der Waals surface area contributed by atoms with Gasteiger partial charge in [0.1, 0.15) is 11.1 Å². The van der Waals surface area contributed by atoms with Gasteiger partial charge in [-0.2, -0.15) is 5.26 Å². The number of sulfone groups is 1. The average molecular weight is 308 g/mol. The van der Waals surface area contributed by atoms with Crippen LogP contribution in [0.1, 0.15) is 12.8 Å². The second kappa shape index (κ2) is 6.33. The molecule has 0 unspecified atom stereocenters. The smallest absolute Gasteiger partial charge is 0.219 e. The molecule has 6 heteroatoms. The van der Waals surface area contributed by atoms with Crippen LogP contribution in [-0.2, 0) is 9.84 Å². The van der Waals surface area contributed by atoms with Gasteiger partial charge < -0.3 is 4.90 Å². The van der Waals surface area contributed by atoms with Crippen molar-refractivity contribution >= 4 is 21.6 Å². The van der Waals surface area contributed by atoms with Crippen molar-refractivity contribution < 1.29 is 8.42 Å². The number of thioether (sulfide) groups is 1. The van der Waals surface area contributed by atoms with E-state index in [9.17, 15) is 13.7 Å². The van der Waals surface area contributed by atoms with Crippen LogP contribution >= 0.6 is 11.8 Å². The second-order valence-electron chi connectivity index (χ2n) is 4.46. The number of rotatable bonds is 4. The van der Waals surface area contributed by atoms with Crippen LogP contribution < -0.4 is 0 Å². The third-order valence-electron chi connectivity index (χ3n) is 3.20. The zero-order valence-electron chi connectivity index (χ0n) is 11.2. The van der Waals surface area contributed by atoms with Crippen molar-refractivity contribution in [3.63, 3.8) is 0 Å². The zero-order valence-corrected chi connectivity index (χ0v) is 12.9. The standard InChI is InChI=1S/C14H16N2O2S2/c1-19-14(16-9-5-6-10-16)13(11-15)20(17,18)12-7-3-2-4-8-12/h2-4,7-8H,5-6,9-10H2,1H3/b14-13-. The summed E-state index contributed by atoms with van der Waals surface area (Å²) in [6, 6.07) is 10.0. The van der Waals surface area contributed by atoms with Gasteiger partial charge in [0.15, 0.2) is 4.91 Å². The third kappa shape index (κ3) is 2.84. The number of nitriles is 1. The first-order valence-electron chi connectivity index (χ1n) is 6.34. The molecule has 1 aliphatic heterocycles. The third-order valence-corrected chi connectivity index (χ3v) is 5.90. The molecule has 0 radical (unpaired) electrons. The summed E-state index contributed by atoms with van der Waals surface area (Å²) in [5.74, 6) is 0. The minimum Gasteiger partial charge on any atom is -0.365 e. The van der Waals surface area contributed by atoms with Crippen molar-refractivity contribution in [2.45, 2.75) is 17.7 Å². The van der Waals surface area contributed by atoms with Gasteiger partial charge in [0.2, 0.25) is 9.84 Å². The molecule has 0 spiro atoms. The highest BCUT2D eigenvalue weighted by Gasteiger charge is 2.28. The SMILES string of the molecule is CS/C(=C(/C#N)S(=O)(=O)c1ccccc1)N1CCCC1. The summed E-state index contributed by atoms with van der Waals surface area (Å²) < 4.78 is 25.2. The van der Waals surface area contributed by atoms with E-state index in [-0.39, 0.29) is 9.80 Å². The van der Waals surface area contributed by atoms with Gasteiger partial charge in [-0.05, 0) is 31.2 Å². The molecule has 2 rings (SSSR count). The molecule has 1 aromatic rings. The van der Waals surface area contributed by atoms with Crippen LogP contribution in [0.15, 0.2) is 45.2 Å². The summed E-state index contributed by atoms with van der Waals surface area (Å²) in [5.41, 5.74) is 0. The van der Waals surface area contributed by atoms with Crippen molar-refractivity contribution in [1.82, 2.24) is 4.90 Å². The maximum Gasteiger partial charge on any atom is 0.219 e. The average Bonchev–Trinajstić information content (AvgIpc) is 2.99. The number of hydrogen-bond donors (Lipinski definition) is 0. The fourth-order valence-electron chi connectivity index (χ4n) is 2.23. The Bertz CT molecular complexity index is 640. The van der Waals surface area contributed by atoms with Gasteiger partial charge in [0, 0.05) is 13.1 Å². The fourth-order valence-corrected chi connectivity index (χ4v) is 4.71. The summed E-state index contributed by atoms with van der Waals surface area (Å²) in [5, 5.41) is 9.92. The molecule has 0 saturated carbocycles. The molecule has 0 N–H and O–H groups in total. The van der Waals surface area contributed by atoms with Gasteiger partial charge in [-0.1, -0.05) is 18.2 Å². The predicted octanol–water partition coefficient (Wildman–Crippen LogP) is 2.61. The number of benzene rings is 1. The number of hydrogen-bond acceptors (Lipinski definition) is 5. The Morgan fingerprint density at radius 1 is 1.25 bits per heavy atom. The number of nitrogens with zero attached hydrogens (tertiary/aromatic N) is 2. The van der Waals surface area contributed by atoms with Crippen molar-refractivity contribution in [2.75, 3.05) is 19.3 Å². The van der Waals surface area contributed by atoms with E-state index in [4.69, 9.17) is 0 Å². The molecule has 1 saturated heterocycles. The minimum absolute atomic E-state index is 0.141. The maximum atomic E-state index is 12.6. The van der Waals surface area contributed by atoms with Gasteiger partial charge in [-0.25, -0.2) is 8.42 Å². The Morgan fingerprint density at radius 2 is 1.85 bits per heavy atom. The van der Waals surface area contributed by atoms with Gasteiger partial charge in [0.05, 0.1) is 4.90 Å². The fraction of sp³-hybridized carbons (Fsp3) is 0.357. The van der Waals surface area contributed by atoms with E-state index in [1.165, 1.54) is 23.9 Å². The Labute approximate surface area is 124 Å². The second-order valence-corrected chi connectivity index (χ2v) is 7.14. The van der Waals surface area contributed by atoms with E-state index >= 15 is 0 Å². The van der Waals surface area contributed by atoms with Crippen LogP contribution in [0, 0.1) is 11.3 Å². The lowest BCUT2D eigenvalue weighted by molar-refractivity contribution is 0.455. The number of allylic oxidation sites excluding steroid dienone is 1. The highest BCUT2D eigenvalue weighted by Crippen LogP contribution is 2.31. The zero-order chi connectivity index (χ0) is 14.6. The summed E-state index contributed by atoms with van der Waals surface area (Å²) in [7, 11) is -3.74. The van der Waals surface area contributed by atoms with E-state index in [1.807, 2.05) is 17.2 Å². The van der Waals surface area contributed by atoms with Crippen molar-refractivity contribution in [3.8, 4) is 6.07 Å². The largest absolute Gasteiger partial charge is 0.365 e. The normalized spacial score (nSPS) is 16.7. The Hall–Kier alpha value is -1.45. The van der Waals surface area contributed by atoms with Crippen molar-refractivity contribution in [3.05, 3.63) is 40.3 Å². The molecule has 0 aromatic heterocycles. The molecule has 0 aliphatic carbocycles. The van der Waals surface area contributed by atoms with Crippen LogP contribution in [0.3, 0.4) is 0 Å². The molecule has 1 heterocycles. The maximum absolute atomic E-state index is 12.6. The van der Waals surface area contributed by atoms with E-state index in [2.05, 4.69) is 0 Å². The predicted molar refractivity (Wildman–Crippen MR) is 80.6 cm³/mol. The van der Waals surface area contributed by atoms with Crippen molar-refractivity contribution in [2.24, 2.45) is 0 Å². The molecule has 1 aromatic carbocycles. The Balaban J connectivity index is 2.53. The van der Waals surface area contributed by atoms with Crippen LogP contribution in [-0.4, -0.2) is 32.7 Å². The van der Waals surface area contributed by atoms with E-state index in [1.54, 1.807) is 18.2 Å². The molecular formula is C14H16N2O2S2. The van der Waals surface area contributed by atoms with E-state index in [0.29, 0.717) is 5.03 Å². The van der Waals surface area contributed by atoms with Gasteiger partial charge in [-0.3, -0.25) is 0 Å². The summed E-state index contributed by atoms with van der Waals surface area (Å²) in [6.07, 6.45) is 3.88. The van der Waals surface area contributed by atoms with Crippen LogP contribution in [0.5, 0.6) is 0 Å². The molecule has 1 fully saturated rings. The monoisotopic (exact) mass is 308 g/mol.